The van der Waals surface area contributed by atoms with Crippen molar-refractivity contribution in [1.29, 1.82) is 0 Å². The van der Waals surface area contributed by atoms with Gasteiger partial charge in [-0.25, -0.2) is 0 Å². The highest BCUT2D eigenvalue weighted by atomic mass is 14.8. The van der Waals surface area contributed by atoms with Crippen LogP contribution < -0.4 is 0 Å². The second kappa shape index (κ2) is 4.41. The highest BCUT2D eigenvalue weighted by Crippen LogP contribution is 2.17. The Morgan fingerprint density at radius 1 is 1.14 bits per heavy atom. The molecule has 0 N–H and O–H groups in total. The van der Waals surface area contributed by atoms with E-state index in [2.05, 4.69) is 57.0 Å². The van der Waals surface area contributed by atoms with Crippen LogP contribution in [0.15, 0.2) is 35.3 Å². The van der Waals surface area contributed by atoms with Crippen LogP contribution in [0.2, 0.25) is 0 Å². The largest absolute Gasteiger partial charge is 0.289 e. The van der Waals surface area contributed by atoms with Gasteiger partial charge in [-0.05, 0) is 17.9 Å². The maximum atomic E-state index is 4.54. The van der Waals surface area contributed by atoms with Gasteiger partial charge in [0.05, 0.1) is 6.04 Å². The number of hydrogen-bond donors (Lipinski definition) is 0. The number of rotatable bonds is 2. The molecule has 1 nitrogen and oxygen atoms in total. The fourth-order valence-corrected chi connectivity index (χ4v) is 1.15. The molecule has 1 aromatic rings. The van der Waals surface area contributed by atoms with E-state index in [-0.39, 0.29) is 11.5 Å². The molecule has 0 radical (unpaired) electrons. The van der Waals surface area contributed by atoms with Gasteiger partial charge in [0.15, 0.2) is 0 Å². The Kier molecular flexibility index (Phi) is 3.45. The van der Waals surface area contributed by atoms with Gasteiger partial charge in [0.25, 0.3) is 0 Å². The third-order valence-electron chi connectivity index (χ3n) is 1.97. The second-order valence-electron chi connectivity index (χ2n) is 4.73. The predicted molar refractivity (Wildman–Crippen MR) is 62.8 cm³/mol. The van der Waals surface area contributed by atoms with Crippen LogP contribution in [0.1, 0.15) is 39.3 Å². The molecule has 0 spiro atoms. The zero-order valence-corrected chi connectivity index (χ0v) is 9.49. The summed E-state index contributed by atoms with van der Waals surface area (Å²) in [4.78, 5) is 4.54. The molecule has 1 rings (SSSR count). The Balaban J connectivity index is 2.69. The summed E-state index contributed by atoms with van der Waals surface area (Å²) in [6.45, 7) is 8.61. The van der Waals surface area contributed by atoms with Crippen molar-refractivity contribution in [3.8, 4) is 0 Å². The van der Waals surface area contributed by atoms with E-state index in [1.807, 2.05) is 12.3 Å². The number of hydrogen-bond acceptors (Lipinski definition) is 1. The van der Waals surface area contributed by atoms with E-state index in [4.69, 9.17) is 0 Å². The number of benzene rings is 1. The molecule has 0 amide bonds. The van der Waals surface area contributed by atoms with Gasteiger partial charge in [0, 0.05) is 6.21 Å². The Morgan fingerprint density at radius 3 is 2.21 bits per heavy atom. The summed E-state index contributed by atoms with van der Waals surface area (Å²) in [5.41, 5.74) is 1.44. The SMILES string of the molecule is C[C@@H](N=CC(C)(C)C)c1ccccc1. The summed E-state index contributed by atoms with van der Waals surface area (Å²) < 4.78 is 0. The van der Waals surface area contributed by atoms with Gasteiger partial charge in [-0.3, -0.25) is 4.99 Å². The fraction of sp³-hybridized carbons (Fsp3) is 0.462. The standard InChI is InChI=1S/C13H19N/c1-11(14-10-13(2,3)4)12-8-6-5-7-9-12/h5-11H,1-4H3/t11-/m1/s1. The van der Waals surface area contributed by atoms with Crippen LogP contribution in [0.5, 0.6) is 0 Å². The van der Waals surface area contributed by atoms with Crippen molar-refractivity contribution in [2.45, 2.75) is 33.7 Å². The van der Waals surface area contributed by atoms with Crippen LogP contribution in [0.3, 0.4) is 0 Å². The summed E-state index contributed by atoms with van der Waals surface area (Å²) in [6.07, 6.45) is 2.03. The van der Waals surface area contributed by atoms with Crippen molar-refractivity contribution < 1.29 is 0 Å². The Hall–Kier alpha value is -1.11. The van der Waals surface area contributed by atoms with Crippen LogP contribution in [-0.2, 0) is 0 Å². The minimum Gasteiger partial charge on any atom is -0.289 e. The molecule has 0 aliphatic rings. The molecule has 0 unspecified atom stereocenters. The van der Waals surface area contributed by atoms with Crippen molar-refractivity contribution in [1.82, 2.24) is 0 Å². The molecule has 0 fully saturated rings. The Bertz CT molecular complexity index is 293. The lowest BCUT2D eigenvalue weighted by Gasteiger charge is -2.13. The molecule has 0 saturated heterocycles. The molecule has 76 valence electrons. The summed E-state index contributed by atoms with van der Waals surface area (Å²) in [5, 5.41) is 0. The van der Waals surface area contributed by atoms with E-state index in [0.29, 0.717) is 0 Å². The molecular formula is C13H19N. The number of aliphatic imine (C=N–C) groups is 1. The molecule has 0 bridgehead atoms. The lowest BCUT2D eigenvalue weighted by atomic mass is 9.99. The fourth-order valence-electron chi connectivity index (χ4n) is 1.15. The van der Waals surface area contributed by atoms with E-state index < -0.39 is 0 Å². The molecule has 0 saturated carbocycles. The van der Waals surface area contributed by atoms with Crippen LogP contribution in [0.25, 0.3) is 0 Å². The van der Waals surface area contributed by atoms with E-state index in [1.54, 1.807) is 0 Å². The van der Waals surface area contributed by atoms with Gasteiger partial charge in [0.2, 0.25) is 0 Å². The lowest BCUT2D eigenvalue weighted by molar-refractivity contribution is 0.599. The van der Waals surface area contributed by atoms with Gasteiger partial charge in [-0.2, -0.15) is 0 Å². The average molecular weight is 189 g/mol. The third kappa shape index (κ3) is 3.73. The second-order valence-corrected chi connectivity index (χ2v) is 4.73. The highest BCUT2D eigenvalue weighted by molar-refractivity contribution is 5.64. The first kappa shape index (κ1) is 11.0. The summed E-state index contributed by atoms with van der Waals surface area (Å²) in [6, 6.07) is 10.6. The molecule has 1 aromatic carbocycles. The monoisotopic (exact) mass is 189 g/mol. The van der Waals surface area contributed by atoms with Gasteiger partial charge in [0.1, 0.15) is 0 Å². The van der Waals surface area contributed by atoms with Crippen molar-refractivity contribution in [2.24, 2.45) is 10.4 Å². The minimum atomic E-state index is 0.170. The zero-order valence-electron chi connectivity index (χ0n) is 9.49. The van der Waals surface area contributed by atoms with Crippen LogP contribution >= 0.6 is 0 Å². The van der Waals surface area contributed by atoms with Crippen LogP contribution in [0.4, 0.5) is 0 Å². The molecule has 0 aromatic heterocycles. The molecular weight excluding hydrogens is 170 g/mol. The topological polar surface area (TPSA) is 12.4 Å². The van der Waals surface area contributed by atoms with Gasteiger partial charge < -0.3 is 0 Å². The maximum Gasteiger partial charge on any atom is 0.0717 e. The summed E-state index contributed by atoms with van der Waals surface area (Å²) in [5.74, 6) is 0. The third-order valence-corrected chi connectivity index (χ3v) is 1.97. The smallest absolute Gasteiger partial charge is 0.0717 e. The molecule has 0 heterocycles. The Morgan fingerprint density at radius 2 is 1.71 bits per heavy atom. The van der Waals surface area contributed by atoms with E-state index in [1.165, 1.54) is 5.56 Å². The van der Waals surface area contributed by atoms with Crippen LogP contribution in [-0.4, -0.2) is 6.21 Å². The first-order chi connectivity index (χ1) is 6.49. The van der Waals surface area contributed by atoms with Crippen molar-refractivity contribution >= 4 is 6.21 Å². The lowest BCUT2D eigenvalue weighted by Crippen LogP contribution is -2.07. The van der Waals surface area contributed by atoms with Crippen LogP contribution in [0, 0.1) is 5.41 Å². The molecule has 0 aliphatic heterocycles. The van der Waals surface area contributed by atoms with Gasteiger partial charge in [-0.15, -0.1) is 0 Å². The van der Waals surface area contributed by atoms with E-state index >= 15 is 0 Å². The van der Waals surface area contributed by atoms with E-state index in [9.17, 15) is 0 Å². The maximum absolute atomic E-state index is 4.54. The normalized spacial score (nSPS) is 14.6. The molecule has 14 heavy (non-hydrogen) atoms. The number of nitrogens with zero attached hydrogens (tertiary/aromatic N) is 1. The minimum absolute atomic E-state index is 0.170. The Labute approximate surface area is 86.9 Å². The van der Waals surface area contributed by atoms with Crippen molar-refractivity contribution in [3.63, 3.8) is 0 Å². The summed E-state index contributed by atoms with van der Waals surface area (Å²) in [7, 11) is 0. The quantitative estimate of drug-likeness (QED) is 0.626. The predicted octanol–water partition coefficient (Wildman–Crippen LogP) is 3.86. The first-order valence-electron chi connectivity index (χ1n) is 5.08. The van der Waals surface area contributed by atoms with Gasteiger partial charge >= 0.3 is 0 Å². The molecule has 0 aliphatic carbocycles. The van der Waals surface area contributed by atoms with Crippen molar-refractivity contribution in [2.75, 3.05) is 0 Å². The highest BCUT2D eigenvalue weighted by Gasteiger charge is 2.07. The van der Waals surface area contributed by atoms with E-state index in [0.717, 1.165) is 0 Å². The first-order valence-corrected chi connectivity index (χ1v) is 5.08. The molecule has 1 heteroatoms. The van der Waals surface area contributed by atoms with Gasteiger partial charge in [-0.1, -0.05) is 51.1 Å². The summed E-state index contributed by atoms with van der Waals surface area (Å²) >= 11 is 0. The zero-order chi connectivity index (χ0) is 10.6. The molecule has 1 atom stereocenters. The average Bonchev–Trinajstić information content (AvgIpc) is 2.14. The van der Waals surface area contributed by atoms with Crippen molar-refractivity contribution in [3.05, 3.63) is 35.9 Å².